The van der Waals surface area contributed by atoms with E-state index in [2.05, 4.69) is 5.32 Å². The molecule has 1 N–H and O–H groups in total. The van der Waals surface area contributed by atoms with Crippen LogP contribution in [0.3, 0.4) is 0 Å². The fourth-order valence-corrected chi connectivity index (χ4v) is 7.86. The predicted molar refractivity (Wildman–Crippen MR) is 200 cm³/mol. The summed E-state index contributed by atoms with van der Waals surface area (Å²) in [6.45, 7) is 13.2. The van der Waals surface area contributed by atoms with Crippen LogP contribution in [0.5, 0.6) is 5.75 Å². The Bertz CT molecular complexity index is 1420. The van der Waals surface area contributed by atoms with Crippen molar-refractivity contribution in [2.24, 2.45) is 17.8 Å². The molecule has 290 valence electrons. The van der Waals surface area contributed by atoms with Gasteiger partial charge in [-0.2, -0.15) is 0 Å². The van der Waals surface area contributed by atoms with Gasteiger partial charge in [0.05, 0.1) is 30.2 Å². The molecule has 12 nitrogen and oxygen atoms in total. The molecular formula is C40H62N4O8. The van der Waals surface area contributed by atoms with E-state index in [9.17, 15) is 19.2 Å². The molecular weight excluding hydrogens is 664 g/mol. The number of carbonyl (C=O) groups excluding carboxylic acids is 4. The summed E-state index contributed by atoms with van der Waals surface area (Å²) in [4.78, 5) is 60.9. The Balaban J connectivity index is 1.40. The molecule has 12 heteroatoms. The van der Waals surface area contributed by atoms with Crippen molar-refractivity contribution in [1.82, 2.24) is 10.2 Å². The highest BCUT2D eigenvalue weighted by Crippen LogP contribution is 2.43. The Hall–Kier alpha value is -3.38. The van der Waals surface area contributed by atoms with Crippen LogP contribution in [-0.4, -0.2) is 98.6 Å². The maximum absolute atomic E-state index is 14.7. The molecule has 2 heterocycles. The molecule has 0 spiro atoms. The van der Waals surface area contributed by atoms with Crippen LogP contribution in [0.15, 0.2) is 18.2 Å². The van der Waals surface area contributed by atoms with Crippen LogP contribution >= 0.6 is 0 Å². The van der Waals surface area contributed by atoms with E-state index in [1.165, 1.54) is 24.2 Å². The van der Waals surface area contributed by atoms with Crippen molar-refractivity contribution < 1.29 is 38.1 Å². The Labute approximate surface area is 310 Å². The smallest absolute Gasteiger partial charge is 0.410 e. The fourth-order valence-electron chi connectivity index (χ4n) is 7.86. The summed E-state index contributed by atoms with van der Waals surface area (Å²) in [6.07, 6.45) is 8.97. The SMILES string of the molecule is CCOCC(CC1CCCCC1)NC(=O)[C@H]1C[C@@H](C(=O)N(c2ccc3c(c2)N(CCCOC)C(=O)C(C)(C)O3)C2CC2)CN(C(=O)OC(C)(C)C)C1. The van der Waals surface area contributed by atoms with Gasteiger partial charge in [0.2, 0.25) is 11.8 Å². The van der Waals surface area contributed by atoms with Crippen molar-refractivity contribution in [1.29, 1.82) is 0 Å². The highest BCUT2D eigenvalue weighted by molar-refractivity contribution is 6.04. The number of nitrogens with one attached hydrogen (secondary N) is 1. The predicted octanol–water partition coefficient (Wildman–Crippen LogP) is 6.09. The second-order valence-corrected chi connectivity index (χ2v) is 16.6. The minimum atomic E-state index is -1.03. The third-order valence-corrected chi connectivity index (χ3v) is 10.6. The minimum absolute atomic E-state index is 0.0145. The standard InChI is InChI=1S/C40H62N4O8/c1-8-50-26-30(21-27-13-10-9-11-14-27)41-35(45)28-22-29(25-42(24-28)38(48)52-39(2,3)4)36(46)44(31-15-16-31)32-17-18-34-33(23-32)43(19-12-20-49-7)37(47)40(5,6)51-34/h17-18,23,27-31H,8-16,19-22,24-26H2,1-7H3,(H,41,45)/t28-,29+,30?/m0/s1. The monoisotopic (exact) mass is 726 g/mol. The highest BCUT2D eigenvalue weighted by Gasteiger charge is 2.45. The van der Waals surface area contributed by atoms with Gasteiger partial charge in [-0.25, -0.2) is 4.79 Å². The van der Waals surface area contributed by atoms with Gasteiger partial charge in [0.1, 0.15) is 11.4 Å². The number of nitrogens with zero attached hydrogens (tertiary/aromatic N) is 3. The number of benzene rings is 1. The number of fused-ring (bicyclic) bond motifs is 1. The number of rotatable bonds is 14. The molecule has 4 aliphatic rings. The van der Waals surface area contributed by atoms with E-state index in [-0.39, 0.29) is 42.9 Å². The summed E-state index contributed by atoms with van der Waals surface area (Å²) in [5.74, 6) is -0.567. The average Bonchev–Trinajstić information content (AvgIpc) is 3.94. The number of methoxy groups -OCH3 is 1. The number of ether oxygens (including phenoxy) is 4. The second kappa shape index (κ2) is 17.2. The zero-order chi connectivity index (χ0) is 37.6. The largest absolute Gasteiger partial charge is 0.476 e. The van der Waals surface area contributed by atoms with E-state index in [0.29, 0.717) is 62.2 Å². The van der Waals surface area contributed by atoms with Crippen LogP contribution in [0.2, 0.25) is 0 Å². The molecule has 0 aromatic heterocycles. The summed E-state index contributed by atoms with van der Waals surface area (Å²) in [6, 6.07) is 5.42. The Morgan fingerprint density at radius 2 is 1.77 bits per heavy atom. The molecule has 0 radical (unpaired) electrons. The molecule has 2 aliphatic heterocycles. The maximum Gasteiger partial charge on any atom is 0.410 e. The lowest BCUT2D eigenvalue weighted by Crippen LogP contribution is -2.55. The highest BCUT2D eigenvalue weighted by atomic mass is 16.6. The summed E-state index contributed by atoms with van der Waals surface area (Å²) < 4.78 is 23.0. The van der Waals surface area contributed by atoms with E-state index in [1.54, 1.807) is 25.9 Å². The third kappa shape index (κ3) is 10.2. The van der Waals surface area contributed by atoms with E-state index in [1.807, 2.05) is 50.8 Å². The van der Waals surface area contributed by atoms with E-state index in [4.69, 9.17) is 18.9 Å². The number of carbonyl (C=O) groups is 4. The number of hydrogen-bond acceptors (Lipinski definition) is 8. The third-order valence-electron chi connectivity index (χ3n) is 10.6. The zero-order valence-electron chi connectivity index (χ0n) is 32.5. The van der Waals surface area contributed by atoms with Gasteiger partial charge in [-0.15, -0.1) is 0 Å². The number of piperidine rings is 1. The molecule has 52 heavy (non-hydrogen) atoms. The average molecular weight is 727 g/mol. The fraction of sp³-hybridized carbons (Fsp3) is 0.750. The number of amides is 4. The topological polar surface area (TPSA) is 127 Å². The van der Waals surface area contributed by atoms with Crippen molar-refractivity contribution in [3.63, 3.8) is 0 Å². The molecule has 2 saturated carbocycles. The number of anilines is 2. The van der Waals surface area contributed by atoms with Crippen LogP contribution in [0.1, 0.15) is 106 Å². The normalized spacial score (nSPS) is 22.6. The van der Waals surface area contributed by atoms with Gasteiger partial charge in [-0.05, 0) is 97.8 Å². The minimum Gasteiger partial charge on any atom is -0.476 e. The first-order valence-electron chi connectivity index (χ1n) is 19.5. The van der Waals surface area contributed by atoms with Gasteiger partial charge >= 0.3 is 6.09 Å². The van der Waals surface area contributed by atoms with Gasteiger partial charge in [0.25, 0.3) is 5.91 Å². The van der Waals surface area contributed by atoms with Crippen molar-refractivity contribution in [2.45, 2.75) is 129 Å². The van der Waals surface area contributed by atoms with Crippen molar-refractivity contribution in [3.8, 4) is 5.75 Å². The second-order valence-electron chi connectivity index (χ2n) is 16.6. The van der Waals surface area contributed by atoms with Crippen LogP contribution in [0.25, 0.3) is 0 Å². The number of hydrogen-bond donors (Lipinski definition) is 1. The molecule has 0 bridgehead atoms. The first-order chi connectivity index (χ1) is 24.7. The van der Waals surface area contributed by atoms with Crippen LogP contribution < -0.4 is 19.9 Å². The van der Waals surface area contributed by atoms with Gasteiger partial charge in [-0.3, -0.25) is 14.4 Å². The lowest BCUT2D eigenvalue weighted by Gasteiger charge is -2.41. The number of likely N-dealkylation sites (tertiary alicyclic amines) is 1. The Morgan fingerprint density at radius 3 is 2.42 bits per heavy atom. The molecule has 1 saturated heterocycles. The van der Waals surface area contributed by atoms with Crippen LogP contribution in [-0.2, 0) is 28.6 Å². The zero-order valence-corrected chi connectivity index (χ0v) is 32.5. The first-order valence-corrected chi connectivity index (χ1v) is 19.5. The van der Waals surface area contributed by atoms with E-state index >= 15 is 0 Å². The summed E-state index contributed by atoms with van der Waals surface area (Å²) in [7, 11) is 1.64. The molecule has 3 atom stereocenters. The van der Waals surface area contributed by atoms with Gasteiger partial charge in [0.15, 0.2) is 5.60 Å². The van der Waals surface area contributed by atoms with Crippen molar-refractivity contribution in [3.05, 3.63) is 18.2 Å². The van der Waals surface area contributed by atoms with Gasteiger partial charge in [0, 0.05) is 51.7 Å². The quantitative estimate of drug-likeness (QED) is 0.229. The van der Waals surface area contributed by atoms with Crippen LogP contribution in [0.4, 0.5) is 16.2 Å². The van der Waals surface area contributed by atoms with Crippen molar-refractivity contribution in [2.75, 3.05) is 56.4 Å². The molecule has 2 aliphatic carbocycles. The molecule has 3 fully saturated rings. The van der Waals surface area contributed by atoms with Crippen LogP contribution in [0, 0.1) is 17.8 Å². The lowest BCUT2D eigenvalue weighted by atomic mass is 9.84. The molecule has 4 amide bonds. The lowest BCUT2D eigenvalue weighted by molar-refractivity contribution is -0.133. The first kappa shape index (κ1) is 39.8. The molecule has 1 unspecified atom stereocenters. The Kier molecular flexibility index (Phi) is 13.2. The summed E-state index contributed by atoms with van der Waals surface area (Å²) in [5.41, 5.74) is -0.486. The van der Waals surface area contributed by atoms with Gasteiger partial charge in [-0.1, -0.05) is 32.1 Å². The van der Waals surface area contributed by atoms with Gasteiger partial charge < -0.3 is 39.0 Å². The summed E-state index contributed by atoms with van der Waals surface area (Å²) >= 11 is 0. The maximum atomic E-state index is 14.7. The summed E-state index contributed by atoms with van der Waals surface area (Å²) in [5, 5.41) is 3.27. The van der Waals surface area contributed by atoms with Crippen molar-refractivity contribution >= 4 is 35.2 Å². The Morgan fingerprint density at radius 1 is 1.06 bits per heavy atom. The molecule has 1 aromatic carbocycles. The molecule has 1 aromatic rings. The van der Waals surface area contributed by atoms with E-state index < -0.39 is 29.1 Å². The van der Waals surface area contributed by atoms with E-state index in [0.717, 1.165) is 32.1 Å². The molecule has 5 rings (SSSR count).